The second-order valence-corrected chi connectivity index (χ2v) is 6.57. The summed E-state index contributed by atoms with van der Waals surface area (Å²) in [5, 5.41) is 0. The van der Waals surface area contributed by atoms with Gasteiger partial charge in [0.1, 0.15) is 0 Å². The van der Waals surface area contributed by atoms with Gasteiger partial charge < -0.3 is 15.5 Å². The Morgan fingerprint density at radius 1 is 1.15 bits per heavy atom. The van der Waals surface area contributed by atoms with Crippen LogP contribution in [-0.2, 0) is 0 Å². The number of benzene rings is 1. The molecule has 1 aromatic rings. The van der Waals surface area contributed by atoms with Gasteiger partial charge in [-0.05, 0) is 63.4 Å². The SMILES string of the molecule is CC(N)c1ccc(N2CCC3C(CCCN3C)C2)cc1. The summed E-state index contributed by atoms with van der Waals surface area (Å²) in [5.74, 6) is 0.843. The van der Waals surface area contributed by atoms with Crippen LogP contribution in [0.3, 0.4) is 0 Å². The molecule has 0 spiro atoms. The summed E-state index contributed by atoms with van der Waals surface area (Å²) < 4.78 is 0. The lowest BCUT2D eigenvalue weighted by Crippen LogP contribution is -2.52. The summed E-state index contributed by atoms with van der Waals surface area (Å²) in [5.41, 5.74) is 8.51. The summed E-state index contributed by atoms with van der Waals surface area (Å²) in [6.45, 7) is 5.72. The zero-order valence-electron chi connectivity index (χ0n) is 12.8. The highest BCUT2D eigenvalue weighted by atomic mass is 15.2. The lowest BCUT2D eigenvalue weighted by molar-refractivity contribution is 0.102. The van der Waals surface area contributed by atoms with E-state index in [0.717, 1.165) is 12.0 Å². The van der Waals surface area contributed by atoms with Crippen molar-refractivity contribution in [2.24, 2.45) is 11.7 Å². The first kappa shape index (κ1) is 13.9. The maximum atomic E-state index is 5.93. The number of piperidine rings is 2. The quantitative estimate of drug-likeness (QED) is 0.899. The lowest BCUT2D eigenvalue weighted by atomic mass is 9.84. The van der Waals surface area contributed by atoms with Crippen molar-refractivity contribution in [2.75, 3.05) is 31.6 Å². The van der Waals surface area contributed by atoms with Gasteiger partial charge in [-0.2, -0.15) is 0 Å². The third-order valence-corrected chi connectivity index (χ3v) is 5.13. The molecule has 110 valence electrons. The highest BCUT2D eigenvalue weighted by Crippen LogP contribution is 2.32. The predicted octanol–water partition coefficient (Wildman–Crippen LogP) is 2.63. The van der Waals surface area contributed by atoms with Crippen LogP contribution in [0.15, 0.2) is 24.3 Å². The van der Waals surface area contributed by atoms with Crippen molar-refractivity contribution in [3.8, 4) is 0 Å². The fourth-order valence-corrected chi connectivity index (χ4v) is 3.88. The topological polar surface area (TPSA) is 32.5 Å². The third kappa shape index (κ3) is 2.70. The summed E-state index contributed by atoms with van der Waals surface area (Å²) in [6.07, 6.45) is 4.05. The Labute approximate surface area is 122 Å². The number of hydrogen-bond donors (Lipinski definition) is 1. The summed E-state index contributed by atoms with van der Waals surface area (Å²) in [7, 11) is 2.30. The van der Waals surface area contributed by atoms with Gasteiger partial charge >= 0.3 is 0 Å². The van der Waals surface area contributed by atoms with Gasteiger partial charge in [0.25, 0.3) is 0 Å². The van der Waals surface area contributed by atoms with Crippen molar-refractivity contribution in [3.63, 3.8) is 0 Å². The van der Waals surface area contributed by atoms with E-state index in [1.54, 1.807) is 0 Å². The van der Waals surface area contributed by atoms with E-state index < -0.39 is 0 Å². The minimum atomic E-state index is 0.127. The molecule has 3 heteroatoms. The maximum Gasteiger partial charge on any atom is 0.0366 e. The number of anilines is 1. The lowest BCUT2D eigenvalue weighted by Gasteiger charge is -2.46. The van der Waals surface area contributed by atoms with Crippen LogP contribution in [0.2, 0.25) is 0 Å². The first-order valence-corrected chi connectivity index (χ1v) is 7.96. The first-order valence-electron chi connectivity index (χ1n) is 7.96. The Hall–Kier alpha value is -1.06. The molecule has 2 N–H and O–H groups in total. The van der Waals surface area contributed by atoms with E-state index in [9.17, 15) is 0 Å². The largest absolute Gasteiger partial charge is 0.371 e. The summed E-state index contributed by atoms with van der Waals surface area (Å²) >= 11 is 0. The van der Waals surface area contributed by atoms with Gasteiger partial charge in [-0.1, -0.05) is 12.1 Å². The van der Waals surface area contributed by atoms with Crippen LogP contribution in [-0.4, -0.2) is 37.6 Å². The van der Waals surface area contributed by atoms with Gasteiger partial charge in [0.05, 0.1) is 0 Å². The van der Waals surface area contributed by atoms with E-state index >= 15 is 0 Å². The average molecular weight is 273 g/mol. The predicted molar refractivity (Wildman–Crippen MR) is 85.0 cm³/mol. The number of likely N-dealkylation sites (tertiary alicyclic amines) is 1. The van der Waals surface area contributed by atoms with Gasteiger partial charge in [0.15, 0.2) is 0 Å². The molecule has 3 unspecified atom stereocenters. The molecule has 2 aliphatic rings. The van der Waals surface area contributed by atoms with Crippen molar-refractivity contribution >= 4 is 5.69 Å². The molecule has 2 fully saturated rings. The molecule has 3 rings (SSSR count). The second kappa shape index (κ2) is 5.74. The van der Waals surface area contributed by atoms with E-state index in [-0.39, 0.29) is 6.04 Å². The third-order valence-electron chi connectivity index (χ3n) is 5.13. The molecule has 0 amide bonds. The van der Waals surface area contributed by atoms with Crippen molar-refractivity contribution < 1.29 is 0 Å². The number of hydrogen-bond acceptors (Lipinski definition) is 3. The Bertz CT molecular complexity index is 440. The van der Waals surface area contributed by atoms with Gasteiger partial charge in [-0.15, -0.1) is 0 Å². The van der Waals surface area contributed by atoms with Gasteiger partial charge in [-0.3, -0.25) is 0 Å². The van der Waals surface area contributed by atoms with Crippen LogP contribution in [0, 0.1) is 5.92 Å². The molecule has 0 aromatic heterocycles. The Kier molecular flexibility index (Phi) is 3.99. The Balaban J connectivity index is 1.69. The molecule has 2 aliphatic heterocycles. The number of rotatable bonds is 2. The summed E-state index contributed by atoms with van der Waals surface area (Å²) in [4.78, 5) is 5.13. The van der Waals surface area contributed by atoms with Crippen LogP contribution in [0.4, 0.5) is 5.69 Å². The van der Waals surface area contributed by atoms with Crippen molar-refractivity contribution in [3.05, 3.63) is 29.8 Å². The van der Waals surface area contributed by atoms with E-state index in [1.807, 2.05) is 6.92 Å². The standard InChI is InChI=1S/C17H27N3/c1-13(18)14-5-7-16(8-6-14)20-11-9-17-15(12-20)4-3-10-19(17)2/h5-8,13,15,17H,3-4,9-12,18H2,1-2H3. The molecule has 0 aliphatic carbocycles. The molecular weight excluding hydrogens is 246 g/mol. The first-order chi connectivity index (χ1) is 9.65. The number of fused-ring (bicyclic) bond motifs is 1. The molecule has 3 nitrogen and oxygen atoms in total. The fraction of sp³-hybridized carbons (Fsp3) is 0.647. The van der Waals surface area contributed by atoms with Crippen LogP contribution in [0.25, 0.3) is 0 Å². The van der Waals surface area contributed by atoms with Crippen molar-refractivity contribution in [1.82, 2.24) is 4.90 Å². The Morgan fingerprint density at radius 2 is 1.90 bits per heavy atom. The van der Waals surface area contributed by atoms with Crippen LogP contribution >= 0.6 is 0 Å². The van der Waals surface area contributed by atoms with Crippen molar-refractivity contribution in [1.29, 1.82) is 0 Å². The zero-order chi connectivity index (χ0) is 14.1. The molecule has 0 bridgehead atoms. The minimum Gasteiger partial charge on any atom is -0.371 e. The van der Waals surface area contributed by atoms with E-state index in [2.05, 4.69) is 41.1 Å². The summed E-state index contributed by atoms with van der Waals surface area (Å²) in [6, 6.07) is 9.78. The highest BCUT2D eigenvalue weighted by molar-refractivity contribution is 5.48. The normalized spacial score (nSPS) is 29.1. The molecular formula is C17H27N3. The van der Waals surface area contributed by atoms with E-state index in [0.29, 0.717) is 0 Å². The minimum absolute atomic E-state index is 0.127. The highest BCUT2D eigenvalue weighted by Gasteiger charge is 2.34. The molecule has 2 saturated heterocycles. The maximum absolute atomic E-state index is 5.93. The fourth-order valence-electron chi connectivity index (χ4n) is 3.88. The number of nitrogens with two attached hydrogens (primary N) is 1. The van der Waals surface area contributed by atoms with Gasteiger partial charge in [-0.25, -0.2) is 0 Å². The molecule has 1 aromatic carbocycles. The zero-order valence-corrected chi connectivity index (χ0v) is 12.8. The molecule has 2 heterocycles. The monoisotopic (exact) mass is 273 g/mol. The Morgan fingerprint density at radius 3 is 2.60 bits per heavy atom. The second-order valence-electron chi connectivity index (χ2n) is 6.57. The average Bonchev–Trinajstić information content (AvgIpc) is 2.47. The molecule has 0 radical (unpaired) electrons. The molecule has 3 atom stereocenters. The van der Waals surface area contributed by atoms with E-state index in [1.165, 1.54) is 50.1 Å². The van der Waals surface area contributed by atoms with Crippen LogP contribution in [0.5, 0.6) is 0 Å². The van der Waals surface area contributed by atoms with E-state index in [4.69, 9.17) is 5.73 Å². The van der Waals surface area contributed by atoms with Crippen LogP contribution in [0.1, 0.15) is 37.8 Å². The smallest absolute Gasteiger partial charge is 0.0366 e. The van der Waals surface area contributed by atoms with Crippen molar-refractivity contribution in [2.45, 2.75) is 38.3 Å². The van der Waals surface area contributed by atoms with Crippen LogP contribution < -0.4 is 10.6 Å². The van der Waals surface area contributed by atoms with Gasteiger partial charge in [0.2, 0.25) is 0 Å². The molecule has 20 heavy (non-hydrogen) atoms. The van der Waals surface area contributed by atoms with Gasteiger partial charge in [0, 0.05) is 30.9 Å². The molecule has 0 saturated carbocycles. The number of nitrogens with zero attached hydrogens (tertiary/aromatic N) is 2.